The third kappa shape index (κ3) is 4.69. The van der Waals surface area contributed by atoms with Gasteiger partial charge < -0.3 is 19.1 Å². The summed E-state index contributed by atoms with van der Waals surface area (Å²) in [6.45, 7) is 3.02. The molecule has 1 aromatic carbocycles. The quantitative estimate of drug-likeness (QED) is 0.247. The molecular weight excluding hydrogens is 500 g/mol. The Morgan fingerprint density at radius 1 is 1.08 bits per heavy atom. The molecule has 13 heteroatoms. The van der Waals surface area contributed by atoms with Gasteiger partial charge in [-0.05, 0) is 12.1 Å². The molecule has 2 N–H and O–H groups in total. The van der Waals surface area contributed by atoms with Crippen molar-refractivity contribution in [3.8, 4) is 11.4 Å². The van der Waals surface area contributed by atoms with Crippen molar-refractivity contribution < 1.29 is 14.7 Å². The molecule has 5 heterocycles. The van der Waals surface area contributed by atoms with Crippen molar-refractivity contribution in [2.45, 2.75) is 6.54 Å². The molecule has 0 radical (unpaired) electrons. The fourth-order valence-corrected chi connectivity index (χ4v) is 4.53. The number of nitrogens with one attached hydrogen (secondary N) is 1. The molecule has 6 rings (SSSR count). The molecule has 0 saturated carbocycles. The van der Waals surface area contributed by atoms with Crippen LogP contribution in [0.3, 0.4) is 0 Å². The van der Waals surface area contributed by atoms with E-state index < -0.39 is 5.91 Å². The van der Waals surface area contributed by atoms with Gasteiger partial charge in [0.15, 0.2) is 22.8 Å². The Bertz CT molecular complexity index is 1660. The normalized spacial score (nSPS) is 13.7. The summed E-state index contributed by atoms with van der Waals surface area (Å²) in [6, 6.07) is 10.0. The number of carbonyl (C=O) groups is 1. The smallest absolute Gasteiger partial charge is 0.277 e. The van der Waals surface area contributed by atoms with Gasteiger partial charge in [0.1, 0.15) is 5.82 Å². The molecule has 4 aromatic heterocycles. The summed E-state index contributed by atoms with van der Waals surface area (Å²) < 4.78 is 7.52. The number of carbonyl (C=O) groups excluding carboxylic acids is 1. The van der Waals surface area contributed by atoms with E-state index in [0.29, 0.717) is 55.8 Å². The minimum Gasteiger partial charge on any atom is -0.378 e. The topological polar surface area (TPSA) is 147 Å². The molecule has 1 aliphatic rings. The van der Waals surface area contributed by atoms with E-state index in [-0.39, 0.29) is 5.56 Å². The molecule has 1 amide bonds. The Kier molecular flexibility index (Phi) is 6.42. The Balaban J connectivity index is 1.40. The number of hydrogen-bond acceptors (Lipinski definition) is 11. The van der Waals surface area contributed by atoms with E-state index in [0.717, 1.165) is 28.1 Å². The number of hydroxylamine groups is 1. The van der Waals surface area contributed by atoms with Gasteiger partial charge >= 0.3 is 0 Å². The molecule has 13 nitrogen and oxygen atoms in total. The van der Waals surface area contributed by atoms with E-state index in [9.17, 15) is 4.79 Å². The number of hydrogen-bond donors (Lipinski definition) is 2. The SMILES string of the molecule is CN(Cc1nc2c(N3CCOCC3)nc(-c3cnc4ccccc4c3)nc2n1C)c1ncc(C(=O)NO)cn1. The van der Waals surface area contributed by atoms with Crippen LogP contribution in [-0.2, 0) is 18.3 Å². The zero-order valence-corrected chi connectivity index (χ0v) is 21.4. The lowest BCUT2D eigenvalue weighted by atomic mass is 10.1. The number of ether oxygens (including phenoxy) is 1. The number of imidazole rings is 1. The van der Waals surface area contributed by atoms with Gasteiger partial charge in [-0.1, -0.05) is 18.2 Å². The molecule has 1 aliphatic heterocycles. The van der Waals surface area contributed by atoms with Gasteiger partial charge in [-0.15, -0.1) is 0 Å². The highest BCUT2D eigenvalue weighted by Crippen LogP contribution is 2.29. The maximum absolute atomic E-state index is 11.6. The lowest BCUT2D eigenvalue weighted by molar-refractivity contribution is 0.0705. The second-order valence-electron chi connectivity index (χ2n) is 9.21. The van der Waals surface area contributed by atoms with Gasteiger partial charge in [0.2, 0.25) is 5.95 Å². The highest BCUT2D eigenvalue weighted by Gasteiger charge is 2.23. The van der Waals surface area contributed by atoms with Crippen molar-refractivity contribution >= 4 is 39.7 Å². The van der Waals surface area contributed by atoms with Crippen molar-refractivity contribution in [3.63, 3.8) is 0 Å². The summed E-state index contributed by atoms with van der Waals surface area (Å²) in [5.74, 6) is 1.80. The summed E-state index contributed by atoms with van der Waals surface area (Å²) in [5, 5.41) is 9.83. The Hall–Kier alpha value is -4.75. The van der Waals surface area contributed by atoms with Crippen molar-refractivity contribution in [1.82, 2.24) is 40.0 Å². The third-order valence-corrected chi connectivity index (χ3v) is 6.67. The number of nitrogens with zero attached hydrogens (tertiary/aromatic N) is 9. The molecule has 0 atom stereocenters. The lowest BCUT2D eigenvalue weighted by Gasteiger charge is -2.28. The first-order valence-corrected chi connectivity index (χ1v) is 12.4. The number of para-hydroxylation sites is 1. The largest absolute Gasteiger partial charge is 0.378 e. The molecule has 198 valence electrons. The van der Waals surface area contributed by atoms with Crippen LogP contribution in [0.2, 0.25) is 0 Å². The summed E-state index contributed by atoms with van der Waals surface area (Å²) in [5.41, 5.74) is 4.87. The molecular formula is C26H26N10O3. The molecule has 0 unspecified atom stereocenters. The van der Waals surface area contributed by atoms with Gasteiger partial charge in [-0.3, -0.25) is 15.0 Å². The van der Waals surface area contributed by atoms with E-state index in [4.69, 9.17) is 24.9 Å². The highest BCUT2D eigenvalue weighted by molar-refractivity contribution is 5.92. The van der Waals surface area contributed by atoms with Crippen LogP contribution in [0.5, 0.6) is 0 Å². The van der Waals surface area contributed by atoms with E-state index in [1.165, 1.54) is 12.4 Å². The molecule has 0 aliphatic carbocycles. The predicted molar refractivity (Wildman–Crippen MR) is 143 cm³/mol. The predicted octanol–water partition coefficient (Wildman–Crippen LogP) is 1.96. The Labute approximate surface area is 223 Å². The van der Waals surface area contributed by atoms with Crippen LogP contribution in [0.4, 0.5) is 11.8 Å². The van der Waals surface area contributed by atoms with Gasteiger partial charge in [0.25, 0.3) is 5.91 Å². The van der Waals surface area contributed by atoms with Gasteiger partial charge in [-0.2, -0.15) is 0 Å². The summed E-state index contributed by atoms with van der Waals surface area (Å²) in [4.78, 5) is 43.5. The zero-order valence-electron chi connectivity index (χ0n) is 21.4. The third-order valence-electron chi connectivity index (χ3n) is 6.67. The molecule has 0 bridgehead atoms. The number of rotatable bonds is 6. The van der Waals surface area contributed by atoms with Crippen molar-refractivity contribution in [2.24, 2.45) is 7.05 Å². The van der Waals surface area contributed by atoms with Gasteiger partial charge in [0, 0.05) is 56.7 Å². The van der Waals surface area contributed by atoms with Crippen LogP contribution in [0.25, 0.3) is 33.5 Å². The summed E-state index contributed by atoms with van der Waals surface area (Å²) in [7, 11) is 3.76. The van der Waals surface area contributed by atoms with Crippen LogP contribution in [-0.4, -0.2) is 78.9 Å². The van der Waals surface area contributed by atoms with Crippen molar-refractivity contribution in [1.29, 1.82) is 0 Å². The number of benzene rings is 1. The Morgan fingerprint density at radius 3 is 2.62 bits per heavy atom. The molecule has 1 fully saturated rings. The van der Waals surface area contributed by atoms with Gasteiger partial charge in [-0.25, -0.2) is 30.4 Å². The van der Waals surface area contributed by atoms with Crippen molar-refractivity contribution in [2.75, 3.05) is 43.2 Å². The first-order valence-electron chi connectivity index (χ1n) is 12.4. The van der Waals surface area contributed by atoms with Crippen molar-refractivity contribution in [3.05, 3.63) is 60.3 Å². The van der Waals surface area contributed by atoms with Crippen LogP contribution in [0.15, 0.2) is 48.9 Å². The first kappa shape index (κ1) is 24.6. The Morgan fingerprint density at radius 2 is 1.85 bits per heavy atom. The molecule has 0 spiro atoms. The average molecular weight is 527 g/mol. The van der Waals surface area contributed by atoms with E-state index >= 15 is 0 Å². The van der Waals surface area contributed by atoms with E-state index in [1.54, 1.807) is 11.7 Å². The first-order chi connectivity index (χ1) is 19.0. The summed E-state index contributed by atoms with van der Waals surface area (Å²) >= 11 is 0. The molecule has 1 saturated heterocycles. The summed E-state index contributed by atoms with van der Waals surface area (Å²) in [6.07, 6.45) is 4.51. The number of pyridine rings is 1. The number of aryl methyl sites for hydroxylation is 1. The number of morpholine rings is 1. The van der Waals surface area contributed by atoms with E-state index in [2.05, 4.69) is 25.9 Å². The lowest BCUT2D eigenvalue weighted by Crippen LogP contribution is -2.37. The van der Waals surface area contributed by atoms with E-state index in [1.807, 2.05) is 47.8 Å². The number of aromatic nitrogens is 7. The van der Waals surface area contributed by atoms with Crippen LogP contribution in [0, 0.1) is 0 Å². The standard InChI is InChI=1S/C26H26N10O3/c1-34(26-28-13-18(14-29-26)25(37)33-38)15-20-30-21-23(35(20)2)31-22(32-24(21)36-7-9-39-10-8-36)17-11-16-5-3-4-6-19(16)27-12-17/h3-6,11-14,38H,7-10,15H2,1-2H3,(H,33,37). The van der Waals surface area contributed by atoms with Crippen LogP contribution < -0.4 is 15.3 Å². The van der Waals surface area contributed by atoms with Crippen LogP contribution >= 0.6 is 0 Å². The second-order valence-corrected chi connectivity index (χ2v) is 9.21. The van der Waals surface area contributed by atoms with Crippen LogP contribution in [0.1, 0.15) is 16.2 Å². The monoisotopic (exact) mass is 526 g/mol. The van der Waals surface area contributed by atoms with Gasteiger partial charge in [0.05, 0.1) is 30.8 Å². The molecule has 5 aromatic rings. The fourth-order valence-electron chi connectivity index (χ4n) is 4.53. The number of amides is 1. The minimum absolute atomic E-state index is 0.151. The zero-order chi connectivity index (χ0) is 26.9. The second kappa shape index (κ2) is 10.2. The fraction of sp³-hybridized carbons (Fsp3) is 0.269. The minimum atomic E-state index is -0.675. The molecule has 39 heavy (non-hydrogen) atoms. The average Bonchev–Trinajstić information content (AvgIpc) is 3.31. The number of fused-ring (bicyclic) bond motifs is 2. The highest BCUT2D eigenvalue weighted by atomic mass is 16.5. The number of anilines is 2. The maximum Gasteiger partial charge on any atom is 0.277 e. The maximum atomic E-state index is 11.6.